The highest BCUT2D eigenvalue weighted by atomic mass is 79.9. The van der Waals surface area contributed by atoms with Crippen LogP contribution in [-0.4, -0.2) is 5.78 Å². The van der Waals surface area contributed by atoms with E-state index in [2.05, 4.69) is 22.9 Å². The van der Waals surface area contributed by atoms with Gasteiger partial charge < -0.3 is 0 Å². The molecule has 0 aliphatic rings. The number of carbonyl (C=O) groups excluding carboxylic acids is 1. The van der Waals surface area contributed by atoms with E-state index in [4.69, 9.17) is 0 Å². The molecule has 1 rings (SSSR count). The molecule has 0 spiro atoms. The molecular formula is C15H20BrFO. The minimum atomic E-state index is -0.297. The van der Waals surface area contributed by atoms with Gasteiger partial charge in [0.15, 0.2) is 0 Å². The molecule has 1 nitrogen and oxygen atoms in total. The SMILES string of the molecule is CCCCC(CC)C(=O)Cc1cc(F)cc(Br)c1. The number of ketones is 1. The second-order valence-electron chi connectivity index (χ2n) is 4.67. The summed E-state index contributed by atoms with van der Waals surface area (Å²) in [5.74, 6) is 0.0456. The van der Waals surface area contributed by atoms with Crippen LogP contribution in [0.5, 0.6) is 0 Å². The zero-order chi connectivity index (χ0) is 13.5. The zero-order valence-corrected chi connectivity index (χ0v) is 12.6. The number of hydrogen-bond acceptors (Lipinski definition) is 1. The van der Waals surface area contributed by atoms with Crippen LogP contribution in [-0.2, 0) is 11.2 Å². The van der Waals surface area contributed by atoms with Gasteiger partial charge in [0, 0.05) is 16.8 Å². The topological polar surface area (TPSA) is 17.1 Å². The average Bonchev–Trinajstić information content (AvgIpc) is 2.28. The highest BCUT2D eigenvalue weighted by Gasteiger charge is 2.16. The molecule has 0 saturated heterocycles. The second kappa shape index (κ2) is 7.67. The lowest BCUT2D eigenvalue weighted by molar-refractivity contribution is -0.122. The van der Waals surface area contributed by atoms with E-state index in [-0.39, 0.29) is 17.5 Å². The van der Waals surface area contributed by atoms with Gasteiger partial charge in [-0.2, -0.15) is 0 Å². The van der Waals surface area contributed by atoms with Crippen molar-refractivity contribution in [3.63, 3.8) is 0 Å². The Morgan fingerprint density at radius 3 is 2.61 bits per heavy atom. The lowest BCUT2D eigenvalue weighted by Crippen LogP contribution is -2.16. The van der Waals surface area contributed by atoms with Gasteiger partial charge in [0.05, 0.1) is 0 Å². The normalized spacial score (nSPS) is 12.4. The molecule has 0 heterocycles. The van der Waals surface area contributed by atoms with E-state index in [1.165, 1.54) is 12.1 Å². The highest BCUT2D eigenvalue weighted by Crippen LogP contribution is 2.19. The average molecular weight is 315 g/mol. The fourth-order valence-corrected chi connectivity index (χ4v) is 2.61. The third-order valence-corrected chi connectivity index (χ3v) is 3.61. The van der Waals surface area contributed by atoms with Crippen molar-refractivity contribution >= 4 is 21.7 Å². The molecule has 0 saturated carbocycles. The van der Waals surface area contributed by atoms with Crippen LogP contribution in [0.15, 0.2) is 22.7 Å². The molecule has 0 amide bonds. The number of Topliss-reactive ketones (excluding diaryl/α,β-unsaturated/α-hetero) is 1. The lowest BCUT2D eigenvalue weighted by atomic mass is 9.91. The van der Waals surface area contributed by atoms with Crippen molar-refractivity contribution in [3.8, 4) is 0 Å². The summed E-state index contributed by atoms with van der Waals surface area (Å²) in [7, 11) is 0. The molecule has 0 aliphatic heterocycles. The Hall–Kier alpha value is -0.700. The summed E-state index contributed by atoms with van der Waals surface area (Å²) < 4.78 is 13.9. The maximum absolute atomic E-state index is 13.2. The van der Waals surface area contributed by atoms with E-state index in [1.807, 2.05) is 13.0 Å². The summed E-state index contributed by atoms with van der Waals surface area (Å²) in [6.45, 7) is 4.17. The van der Waals surface area contributed by atoms with Crippen LogP contribution in [0.1, 0.15) is 45.1 Å². The molecule has 18 heavy (non-hydrogen) atoms. The highest BCUT2D eigenvalue weighted by molar-refractivity contribution is 9.10. The maximum atomic E-state index is 13.2. The van der Waals surface area contributed by atoms with E-state index in [9.17, 15) is 9.18 Å². The number of rotatable bonds is 7. The Balaban J connectivity index is 2.67. The van der Waals surface area contributed by atoms with Crippen molar-refractivity contribution in [1.82, 2.24) is 0 Å². The van der Waals surface area contributed by atoms with Crippen molar-refractivity contribution in [2.75, 3.05) is 0 Å². The Kier molecular flexibility index (Phi) is 6.55. The van der Waals surface area contributed by atoms with Crippen LogP contribution in [0.3, 0.4) is 0 Å². The van der Waals surface area contributed by atoms with Crippen LogP contribution in [0, 0.1) is 11.7 Å². The minimum absolute atomic E-state index is 0.118. The fraction of sp³-hybridized carbons (Fsp3) is 0.533. The number of unbranched alkanes of at least 4 members (excludes halogenated alkanes) is 1. The van der Waals surface area contributed by atoms with Gasteiger partial charge in [-0.15, -0.1) is 0 Å². The molecule has 1 aromatic carbocycles. The van der Waals surface area contributed by atoms with Crippen LogP contribution in [0.4, 0.5) is 4.39 Å². The standard InChI is InChI=1S/C15H20BrFO/c1-3-5-6-12(4-2)15(18)9-11-7-13(16)10-14(17)8-11/h7-8,10,12H,3-6,9H2,1-2H3. The van der Waals surface area contributed by atoms with E-state index >= 15 is 0 Å². The van der Waals surface area contributed by atoms with Crippen LogP contribution < -0.4 is 0 Å². The van der Waals surface area contributed by atoms with Gasteiger partial charge in [-0.25, -0.2) is 4.39 Å². The molecule has 1 atom stereocenters. The van der Waals surface area contributed by atoms with E-state index in [1.54, 1.807) is 0 Å². The maximum Gasteiger partial charge on any atom is 0.140 e. The van der Waals surface area contributed by atoms with Crippen molar-refractivity contribution in [3.05, 3.63) is 34.1 Å². The number of benzene rings is 1. The molecule has 100 valence electrons. The Labute approximate surface area is 117 Å². The first-order chi connectivity index (χ1) is 8.56. The summed E-state index contributed by atoms with van der Waals surface area (Å²) in [6.07, 6.45) is 4.34. The van der Waals surface area contributed by atoms with E-state index in [0.717, 1.165) is 31.2 Å². The van der Waals surface area contributed by atoms with Crippen LogP contribution in [0.2, 0.25) is 0 Å². The largest absolute Gasteiger partial charge is 0.299 e. The van der Waals surface area contributed by atoms with Gasteiger partial charge in [0.25, 0.3) is 0 Å². The quantitative estimate of drug-likeness (QED) is 0.698. The Bertz CT molecular complexity index is 383. The van der Waals surface area contributed by atoms with Crippen molar-refractivity contribution in [2.45, 2.75) is 46.0 Å². The number of hydrogen-bond donors (Lipinski definition) is 0. The van der Waals surface area contributed by atoms with Crippen molar-refractivity contribution < 1.29 is 9.18 Å². The summed E-state index contributed by atoms with van der Waals surface area (Å²) in [5.41, 5.74) is 0.752. The van der Waals surface area contributed by atoms with Crippen molar-refractivity contribution in [2.24, 2.45) is 5.92 Å². The molecule has 1 unspecified atom stereocenters. The lowest BCUT2D eigenvalue weighted by Gasteiger charge is -2.13. The Morgan fingerprint density at radius 1 is 1.33 bits per heavy atom. The van der Waals surface area contributed by atoms with Gasteiger partial charge in [-0.3, -0.25) is 4.79 Å². The molecule has 0 bridgehead atoms. The minimum Gasteiger partial charge on any atom is -0.299 e. The molecule has 0 N–H and O–H groups in total. The van der Waals surface area contributed by atoms with Crippen molar-refractivity contribution in [1.29, 1.82) is 0 Å². The summed E-state index contributed by atoms with van der Waals surface area (Å²) >= 11 is 3.25. The van der Waals surface area contributed by atoms with E-state index in [0.29, 0.717) is 10.9 Å². The first-order valence-electron chi connectivity index (χ1n) is 6.54. The monoisotopic (exact) mass is 314 g/mol. The predicted molar refractivity (Wildman–Crippen MR) is 76.1 cm³/mol. The first kappa shape index (κ1) is 15.4. The number of carbonyl (C=O) groups is 1. The summed E-state index contributed by atoms with van der Waals surface area (Å²) in [5, 5.41) is 0. The fourth-order valence-electron chi connectivity index (χ4n) is 2.10. The van der Waals surface area contributed by atoms with Gasteiger partial charge in [-0.05, 0) is 36.6 Å². The third kappa shape index (κ3) is 4.89. The molecule has 0 aromatic heterocycles. The van der Waals surface area contributed by atoms with Gasteiger partial charge in [0.1, 0.15) is 11.6 Å². The summed E-state index contributed by atoms with van der Waals surface area (Å²) in [4.78, 5) is 12.1. The molecule has 0 fully saturated rings. The molecular weight excluding hydrogens is 295 g/mol. The third-order valence-electron chi connectivity index (χ3n) is 3.15. The predicted octanol–water partition coefficient (Wildman–Crippen LogP) is 4.92. The molecule has 0 aliphatic carbocycles. The molecule has 3 heteroatoms. The first-order valence-corrected chi connectivity index (χ1v) is 7.33. The number of halogens is 2. The smallest absolute Gasteiger partial charge is 0.140 e. The van der Waals surface area contributed by atoms with Gasteiger partial charge >= 0.3 is 0 Å². The Morgan fingerprint density at radius 2 is 2.06 bits per heavy atom. The van der Waals surface area contributed by atoms with Crippen LogP contribution in [0.25, 0.3) is 0 Å². The second-order valence-corrected chi connectivity index (χ2v) is 5.58. The van der Waals surface area contributed by atoms with Gasteiger partial charge in [-0.1, -0.05) is 42.6 Å². The van der Waals surface area contributed by atoms with Gasteiger partial charge in [0.2, 0.25) is 0 Å². The molecule has 0 radical (unpaired) electrons. The van der Waals surface area contributed by atoms with Crippen LogP contribution >= 0.6 is 15.9 Å². The zero-order valence-electron chi connectivity index (χ0n) is 11.0. The van der Waals surface area contributed by atoms with E-state index < -0.39 is 0 Å². The summed E-state index contributed by atoms with van der Waals surface area (Å²) in [6, 6.07) is 4.66. The molecule has 1 aromatic rings.